The number of fused-ring (bicyclic) bond motifs is 1. The minimum Gasteiger partial charge on any atom is -0.382 e. The van der Waals surface area contributed by atoms with Gasteiger partial charge < -0.3 is 5.11 Å². The maximum Gasteiger partial charge on any atom is 0.194 e. The molecule has 17 heavy (non-hydrogen) atoms. The van der Waals surface area contributed by atoms with Gasteiger partial charge in [-0.15, -0.1) is 0 Å². The molecule has 1 unspecified atom stereocenters. The number of ketones is 1. The van der Waals surface area contributed by atoms with Gasteiger partial charge in [0, 0.05) is 17.1 Å². The summed E-state index contributed by atoms with van der Waals surface area (Å²) in [7, 11) is 0. The van der Waals surface area contributed by atoms with Crippen LogP contribution in [0.3, 0.4) is 0 Å². The van der Waals surface area contributed by atoms with Gasteiger partial charge in [-0.3, -0.25) is 9.78 Å². The molecule has 1 heterocycles. The van der Waals surface area contributed by atoms with E-state index in [0.717, 1.165) is 10.9 Å². The zero-order valence-corrected chi connectivity index (χ0v) is 9.97. The van der Waals surface area contributed by atoms with E-state index in [-0.39, 0.29) is 5.78 Å². The van der Waals surface area contributed by atoms with Gasteiger partial charge in [-0.25, -0.2) is 0 Å². The molecule has 0 aliphatic heterocycles. The third-order valence-electron chi connectivity index (χ3n) is 3.04. The van der Waals surface area contributed by atoms with Gasteiger partial charge in [0.2, 0.25) is 0 Å². The Hall–Kier alpha value is -1.74. The topological polar surface area (TPSA) is 50.2 Å². The van der Waals surface area contributed by atoms with Crippen molar-refractivity contribution in [2.24, 2.45) is 0 Å². The lowest BCUT2D eigenvalue weighted by Gasteiger charge is -2.19. The van der Waals surface area contributed by atoms with Crippen molar-refractivity contribution in [3.8, 4) is 0 Å². The van der Waals surface area contributed by atoms with Crippen LogP contribution < -0.4 is 0 Å². The van der Waals surface area contributed by atoms with Gasteiger partial charge in [-0.05, 0) is 37.6 Å². The summed E-state index contributed by atoms with van der Waals surface area (Å²) in [6.07, 6.45) is 2.11. The average Bonchev–Trinajstić information content (AvgIpc) is 2.37. The van der Waals surface area contributed by atoms with Crippen LogP contribution in [0.1, 0.15) is 30.6 Å². The Kier molecular flexibility index (Phi) is 2.94. The lowest BCUT2D eigenvalue weighted by Crippen LogP contribution is -2.34. The van der Waals surface area contributed by atoms with Crippen LogP contribution in [0.25, 0.3) is 10.9 Å². The summed E-state index contributed by atoms with van der Waals surface area (Å²) in [6.45, 7) is 3.34. The fraction of sp³-hybridized carbons (Fsp3) is 0.286. The number of pyridine rings is 1. The number of carbonyl (C=O) groups excluding carboxylic acids is 1. The summed E-state index contributed by atoms with van der Waals surface area (Å²) < 4.78 is 0. The van der Waals surface area contributed by atoms with Gasteiger partial charge in [-0.1, -0.05) is 13.0 Å². The highest BCUT2D eigenvalue weighted by Gasteiger charge is 2.28. The number of benzene rings is 1. The first-order valence-corrected chi connectivity index (χ1v) is 5.66. The van der Waals surface area contributed by atoms with E-state index in [1.54, 1.807) is 38.2 Å². The third-order valence-corrected chi connectivity index (χ3v) is 3.04. The van der Waals surface area contributed by atoms with Crippen molar-refractivity contribution in [1.29, 1.82) is 0 Å². The van der Waals surface area contributed by atoms with Crippen molar-refractivity contribution in [2.45, 2.75) is 25.9 Å². The van der Waals surface area contributed by atoms with E-state index in [4.69, 9.17) is 0 Å². The van der Waals surface area contributed by atoms with E-state index >= 15 is 0 Å². The average molecular weight is 229 g/mol. The highest BCUT2D eigenvalue weighted by molar-refractivity contribution is 6.04. The molecule has 1 aromatic carbocycles. The zero-order valence-electron chi connectivity index (χ0n) is 9.97. The van der Waals surface area contributed by atoms with Crippen LogP contribution in [0.15, 0.2) is 36.5 Å². The van der Waals surface area contributed by atoms with Crippen LogP contribution in [-0.4, -0.2) is 21.5 Å². The summed E-state index contributed by atoms with van der Waals surface area (Å²) in [5.41, 5.74) is 0.0770. The molecule has 3 heteroatoms. The minimum absolute atomic E-state index is 0.245. The molecule has 0 aliphatic carbocycles. The normalized spacial score (nSPS) is 14.5. The first-order chi connectivity index (χ1) is 8.04. The largest absolute Gasteiger partial charge is 0.382 e. The SMILES string of the molecule is CCC(C)(O)C(=O)c1ccc2ncccc2c1. The molecular formula is C14H15NO2. The van der Waals surface area contributed by atoms with E-state index < -0.39 is 5.60 Å². The Labute approximate surface area is 100 Å². The minimum atomic E-state index is -1.30. The van der Waals surface area contributed by atoms with Crippen LogP contribution in [-0.2, 0) is 0 Å². The van der Waals surface area contributed by atoms with E-state index in [2.05, 4.69) is 4.98 Å². The van der Waals surface area contributed by atoms with E-state index in [1.165, 1.54) is 0 Å². The zero-order chi connectivity index (χ0) is 12.5. The van der Waals surface area contributed by atoms with Crippen molar-refractivity contribution < 1.29 is 9.90 Å². The molecule has 1 N–H and O–H groups in total. The lowest BCUT2D eigenvalue weighted by atomic mass is 9.92. The summed E-state index contributed by atoms with van der Waals surface area (Å²) in [6, 6.07) is 9.01. The Morgan fingerprint density at radius 1 is 1.41 bits per heavy atom. The second kappa shape index (κ2) is 4.26. The molecule has 1 atom stereocenters. The fourth-order valence-corrected chi connectivity index (χ4v) is 1.69. The molecule has 0 amide bonds. The Morgan fingerprint density at radius 3 is 2.88 bits per heavy atom. The Bertz CT molecular complexity index is 561. The molecule has 0 saturated carbocycles. The van der Waals surface area contributed by atoms with Crippen LogP contribution in [0, 0.1) is 0 Å². The monoisotopic (exact) mass is 229 g/mol. The second-order valence-electron chi connectivity index (χ2n) is 4.37. The highest BCUT2D eigenvalue weighted by Crippen LogP contribution is 2.20. The van der Waals surface area contributed by atoms with Crippen LogP contribution >= 0.6 is 0 Å². The number of hydrogen-bond donors (Lipinski definition) is 1. The molecule has 0 aliphatic rings. The predicted octanol–water partition coefficient (Wildman–Crippen LogP) is 2.58. The number of hydrogen-bond acceptors (Lipinski definition) is 3. The number of aliphatic hydroxyl groups is 1. The fourth-order valence-electron chi connectivity index (χ4n) is 1.69. The third kappa shape index (κ3) is 2.19. The van der Waals surface area contributed by atoms with Gasteiger partial charge in [0.1, 0.15) is 5.60 Å². The predicted molar refractivity (Wildman–Crippen MR) is 67.0 cm³/mol. The van der Waals surface area contributed by atoms with Crippen molar-refractivity contribution in [3.63, 3.8) is 0 Å². The summed E-state index contributed by atoms with van der Waals surface area (Å²) in [5.74, 6) is -0.245. The number of aromatic nitrogens is 1. The standard InChI is InChI=1S/C14H15NO2/c1-3-14(2,17)13(16)11-6-7-12-10(9-11)5-4-8-15-12/h4-9,17H,3H2,1-2H3. The van der Waals surface area contributed by atoms with Crippen LogP contribution in [0.2, 0.25) is 0 Å². The quantitative estimate of drug-likeness (QED) is 0.823. The molecule has 0 fully saturated rings. The van der Waals surface area contributed by atoms with Gasteiger partial charge in [0.25, 0.3) is 0 Å². The number of nitrogens with zero attached hydrogens (tertiary/aromatic N) is 1. The molecule has 0 bridgehead atoms. The molecule has 1 aromatic heterocycles. The lowest BCUT2D eigenvalue weighted by molar-refractivity contribution is 0.0391. The molecule has 0 saturated heterocycles. The summed E-state index contributed by atoms with van der Waals surface area (Å²) in [5, 5.41) is 10.9. The molecule has 3 nitrogen and oxygen atoms in total. The van der Waals surface area contributed by atoms with E-state index in [0.29, 0.717) is 12.0 Å². The van der Waals surface area contributed by atoms with Crippen molar-refractivity contribution in [3.05, 3.63) is 42.1 Å². The highest BCUT2D eigenvalue weighted by atomic mass is 16.3. The maximum atomic E-state index is 12.1. The first-order valence-electron chi connectivity index (χ1n) is 5.66. The molecule has 0 spiro atoms. The van der Waals surface area contributed by atoms with E-state index in [1.807, 2.05) is 12.1 Å². The van der Waals surface area contributed by atoms with Gasteiger partial charge >= 0.3 is 0 Å². The smallest absolute Gasteiger partial charge is 0.194 e. The first kappa shape index (κ1) is 11.7. The maximum absolute atomic E-state index is 12.1. The second-order valence-corrected chi connectivity index (χ2v) is 4.37. The van der Waals surface area contributed by atoms with Crippen molar-refractivity contribution in [2.75, 3.05) is 0 Å². The van der Waals surface area contributed by atoms with Crippen molar-refractivity contribution >= 4 is 16.7 Å². The van der Waals surface area contributed by atoms with Gasteiger partial charge in [0.05, 0.1) is 5.52 Å². The number of carbonyl (C=O) groups is 1. The Morgan fingerprint density at radius 2 is 2.18 bits per heavy atom. The van der Waals surface area contributed by atoms with Gasteiger partial charge in [-0.2, -0.15) is 0 Å². The summed E-state index contributed by atoms with van der Waals surface area (Å²) in [4.78, 5) is 16.3. The van der Waals surface area contributed by atoms with Gasteiger partial charge in [0.15, 0.2) is 5.78 Å². The van der Waals surface area contributed by atoms with E-state index in [9.17, 15) is 9.90 Å². The number of rotatable bonds is 3. The number of Topliss-reactive ketones (excluding diaryl/α,β-unsaturated/α-hetero) is 1. The molecular weight excluding hydrogens is 214 g/mol. The molecule has 88 valence electrons. The molecule has 2 rings (SSSR count). The van der Waals surface area contributed by atoms with Crippen molar-refractivity contribution in [1.82, 2.24) is 4.98 Å². The van der Waals surface area contributed by atoms with Crippen LogP contribution in [0.5, 0.6) is 0 Å². The van der Waals surface area contributed by atoms with Crippen LogP contribution in [0.4, 0.5) is 0 Å². The Balaban J connectivity index is 2.47. The molecule has 2 aromatic rings. The molecule has 0 radical (unpaired) electrons. The summed E-state index contributed by atoms with van der Waals surface area (Å²) >= 11 is 0.